The van der Waals surface area contributed by atoms with E-state index < -0.39 is 15.4 Å². The maximum atomic E-state index is 13.6. The van der Waals surface area contributed by atoms with Crippen molar-refractivity contribution in [1.29, 1.82) is 0 Å². The van der Waals surface area contributed by atoms with E-state index in [1.54, 1.807) is 24.3 Å². The van der Waals surface area contributed by atoms with E-state index >= 15 is 0 Å². The highest BCUT2D eigenvalue weighted by Gasteiger charge is 2.41. The van der Waals surface area contributed by atoms with Crippen molar-refractivity contribution in [1.82, 2.24) is 4.72 Å². The van der Waals surface area contributed by atoms with Gasteiger partial charge in [0.25, 0.3) is 0 Å². The molecular formula is C26H27ClN2O3S. The zero-order chi connectivity index (χ0) is 23.5. The molecule has 0 radical (unpaired) electrons. The molecule has 1 fully saturated rings. The van der Waals surface area contributed by atoms with Crippen molar-refractivity contribution in [2.24, 2.45) is 0 Å². The standard InChI is InChI=1S/C26H27ClN2O3S/c1-28-33(31,32)24-14-8-19(9-15-24)20-6-5-7-23(18-20)29-25(30)26(16-3-2-4-17-26)21-10-12-22(27)13-11-21/h5-15,18,28H,2-4,16-17H2,1H3,(H,29,30). The quantitative estimate of drug-likeness (QED) is 0.469. The summed E-state index contributed by atoms with van der Waals surface area (Å²) in [7, 11) is -2.10. The normalized spacial score (nSPS) is 15.7. The second-order valence-electron chi connectivity index (χ2n) is 8.42. The van der Waals surface area contributed by atoms with Gasteiger partial charge in [-0.05, 0) is 73.0 Å². The summed E-state index contributed by atoms with van der Waals surface area (Å²) in [6.07, 6.45) is 4.77. The van der Waals surface area contributed by atoms with Gasteiger partial charge in [-0.2, -0.15) is 0 Å². The minimum absolute atomic E-state index is 0.00265. The second kappa shape index (κ2) is 9.67. The second-order valence-corrected chi connectivity index (χ2v) is 10.7. The third-order valence-corrected chi connectivity index (χ3v) is 8.11. The molecule has 0 unspecified atom stereocenters. The van der Waals surface area contributed by atoms with Crippen molar-refractivity contribution in [3.8, 4) is 11.1 Å². The van der Waals surface area contributed by atoms with Crippen LogP contribution in [0, 0.1) is 0 Å². The van der Waals surface area contributed by atoms with Crippen molar-refractivity contribution in [3.63, 3.8) is 0 Å². The molecule has 33 heavy (non-hydrogen) atoms. The molecule has 3 aromatic carbocycles. The summed E-state index contributed by atoms with van der Waals surface area (Å²) in [5.41, 5.74) is 2.91. The first kappa shape index (κ1) is 23.5. The Morgan fingerprint density at radius 3 is 2.18 bits per heavy atom. The lowest BCUT2D eigenvalue weighted by molar-refractivity contribution is -0.122. The minimum atomic E-state index is -3.48. The summed E-state index contributed by atoms with van der Waals surface area (Å²) in [5, 5.41) is 3.80. The summed E-state index contributed by atoms with van der Waals surface area (Å²) in [6, 6.07) is 21.9. The molecule has 4 rings (SSSR count). The Kier molecular flexibility index (Phi) is 6.88. The Balaban J connectivity index is 1.59. The Hall–Kier alpha value is -2.67. The summed E-state index contributed by atoms with van der Waals surface area (Å²) < 4.78 is 26.3. The molecule has 1 aliphatic rings. The maximum absolute atomic E-state index is 13.6. The summed E-state index contributed by atoms with van der Waals surface area (Å²) in [4.78, 5) is 13.8. The number of nitrogens with one attached hydrogen (secondary N) is 2. The van der Waals surface area contributed by atoms with Crippen molar-refractivity contribution >= 4 is 33.2 Å². The van der Waals surface area contributed by atoms with Gasteiger partial charge in [0.15, 0.2) is 0 Å². The molecule has 5 nitrogen and oxygen atoms in total. The number of rotatable bonds is 6. The summed E-state index contributed by atoms with van der Waals surface area (Å²) in [5.74, 6) is -0.00265. The van der Waals surface area contributed by atoms with Crippen LogP contribution in [0.2, 0.25) is 5.02 Å². The Bertz CT molecular complexity index is 1230. The number of anilines is 1. The van der Waals surface area contributed by atoms with Gasteiger partial charge in [-0.25, -0.2) is 13.1 Å². The first-order valence-electron chi connectivity index (χ1n) is 11.1. The summed E-state index contributed by atoms with van der Waals surface area (Å²) >= 11 is 6.09. The zero-order valence-electron chi connectivity index (χ0n) is 18.5. The molecule has 1 aliphatic carbocycles. The Morgan fingerprint density at radius 1 is 0.879 bits per heavy atom. The summed E-state index contributed by atoms with van der Waals surface area (Å²) in [6.45, 7) is 0. The van der Waals surface area contributed by atoms with E-state index in [1.165, 1.54) is 7.05 Å². The van der Waals surface area contributed by atoms with Gasteiger partial charge in [0.2, 0.25) is 15.9 Å². The van der Waals surface area contributed by atoms with Crippen molar-refractivity contribution in [3.05, 3.63) is 83.4 Å². The van der Waals surface area contributed by atoms with Gasteiger partial charge in [0, 0.05) is 10.7 Å². The number of hydrogen-bond donors (Lipinski definition) is 2. The van der Waals surface area contributed by atoms with Gasteiger partial charge in [0.05, 0.1) is 10.3 Å². The number of halogens is 1. The molecule has 7 heteroatoms. The minimum Gasteiger partial charge on any atom is -0.325 e. The van der Waals surface area contributed by atoms with Crippen LogP contribution in [0.4, 0.5) is 5.69 Å². The predicted molar refractivity (Wildman–Crippen MR) is 133 cm³/mol. The first-order valence-corrected chi connectivity index (χ1v) is 12.9. The van der Waals surface area contributed by atoms with Crippen molar-refractivity contribution in [2.45, 2.75) is 42.4 Å². The molecule has 0 heterocycles. The average molecular weight is 483 g/mol. The van der Waals surface area contributed by atoms with E-state index in [-0.39, 0.29) is 10.8 Å². The van der Waals surface area contributed by atoms with Crippen LogP contribution in [0.5, 0.6) is 0 Å². The number of amides is 1. The lowest BCUT2D eigenvalue weighted by atomic mass is 9.68. The van der Waals surface area contributed by atoms with E-state index in [0.29, 0.717) is 10.7 Å². The molecule has 0 saturated heterocycles. The molecule has 0 aromatic heterocycles. The van der Waals surface area contributed by atoms with Crippen LogP contribution in [0.15, 0.2) is 77.7 Å². The van der Waals surface area contributed by atoms with Crippen LogP contribution in [-0.2, 0) is 20.2 Å². The van der Waals surface area contributed by atoms with Crippen molar-refractivity contribution in [2.75, 3.05) is 12.4 Å². The molecule has 0 aliphatic heterocycles. The third-order valence-electron chi connectivity index (χ3n) is 6.43. The highest BCUT2D eigenvalue weighted by atomic mass is 35.5. The lowest BCUT2D eigenvalue weighted by Crippen LogP contribution is -2.42. The molecule has 3 aromatic rings. The first-order chi connectivity index (χ1) is 15.8. The van der Waals surface area contributed by atoms with E-state index in [2.05, 4.69) is 10.0 Å². The number of hydrogen-bond acceptors (Lipinski definition) is 3. The number of sulfonamides is 1. The highest BCUT2D eigenvalue weighted by Crippen LogP contribution is 2.41. The average Bonchev–Trinajstić information content (AvgIpc) is 2.85. The predicted octanol–water partition coefficient (Wildman–Crippen LogP) is 5.76. The fourth-order valence-electron chi connectivity index (χ4n) is 4.54. The molecule has 0 atom stereocenters. The molecule has 0 bridgehead atoms. The molecule has 1 saturated carbocycles. The van der Waals surface area contributed by atoms with Gasteiger partial charge < -0.3 is 5.32 Å². The van der Waals surface area contributed by atoms with E-state index in [4.69, 9.17) is 11.6 Å². The molecule has 2 N–H and O–H groups in total. The van der Waals surface area contributed by atoms with Crippen molar-refractivity contribution < 1.29 is 13.2 Å². The molecular weight excluding hydrogens is 456 g/mol. The van der Waals surface area contributed by atoms with Gasteiger partial charge in [-0.1, -0.05) is 67.3 Å². The smallest absolute Gasteiger partial charge is 0.240 e. The van der Waals surface area contributed by atoms with E-state index in [9.17, 15) is 13.2 Å². The van der Waals surface area contributed by atoms with E-state index in [1.807, 2.05) is 48.5 Å². The van der Waals surface area contributed by atoms with Crippen LogP contribution in [0.3, 0.4) is 0 Å². The molecule has 172 valence electrons. The van der Waals surface area contributed by atoms with Crippen LogP contribution in [0.1, 0.15) is 37.7 Å². The Labute approximate surface area is 200 Å². The van der Waals surface area contributed by atoms with Gasteiger partial charge in [0.1, 0.15) is 0 Å². The third kappa shape index (κ3) is 4.98. The maximum Gasteiger partial charge on any atom is 0.240 e. The Morgan fingerprint density at radius 2 is 1.55 bits per heavy atom. The molecule has 0 spiro atoms. The SMILES string of the molecule is CNS(=O)(=O)c1ccc(-c2cccc(NC(=O)C3(c4ccc(Cl)cc4)CCCCC3)c2)cc1. The molecule has 1 amide bonds. The number of carbonyl (C=O) groups is 1. The monoisotopic (exact) mass is 482 g/mol. The fourth-order valence-corrected chi connectivity index (χ4v) is 5.40. The van der Waals surface area contributed by atoms with Crippen LogP contribution >= 0.6 is 11.6 Å². The van der Waals surface area contributed by atoms with Gasteiger partial charge in [-0.15, -0.1) is 0 Å². The van der Waals surface area contributed by atoms with E-state index in [0.717, 1.165) is 48.8 Å². The lowest BCUT2D eigenvalue weighted by Gasteiger charge is -2.36. The van der Waals surface area contributed by atoms with Crippen LogP contribution < -0.4 is 10.0 Å². The zero-order valence-corrected chi connectivity index (χ0v) is 20.0. The number of benzene rings is 3. The van der Waals surface area contributed by atoms with Gasteiger partial charge in [-0.3, -0.25) is 4.79 Å². The topological polar surface area (TPSA) is 75.3 Å². The van der Waals surface area contributed by atoms with Crippen LogP contribution in [-0.4, -0.2) is 21.4 Å². The fraction of sp³-hybridized carbons (Fsp3) is 0.269. The van der Waals surface area contributed by atoms with Gasteiger partial charge >= 0.3 is 0 Å². The highest BCUT2D eigenvalue weighted by molar-refractivity contribution is 7.89. The number of carbonyl (C=O) groups excluding carboxylic acids is 1. The largest absolute Gasteiger partial charge is 0.325 e. The van der Waals surface area contributed by atoms with Crippen LogP contribution in [0.25, 0.3) is 11.1 Å².